The second-order valence-electron chi connectivity index (χ2n) is 8.11. The number of fused-ring (bicyclic) bond motifs is 3. The molecule has 0 saturated carbocycles. The first-order chi connectivity index (χ1) is 14.4. The number of nitrogens with zero attached hydrogens (tertiary/aromatic N) is 1. The molecule has 5 rings (SSSR count). The highest BCUT2D eigenvalue weighted by Gasteiger charge is 2.67. The van der Waals surface area contributed by atoms with Gasteiger partial charge in [0.25, 0.3) is 0 Å². The zero-order valence-electron chi connectivity index (χ0n) is 17.9. The molecular formula is C23H27NO6. The number of methoxy groups -OCH3 is 4. The number of ether oxygens (including phenoxy) is 5. The predicted octanol–water partition coefficient (Wildman–Crippen LogP) is 2.72. The summed E-state index contributed by atoms with van der Waals surface area (Å²) in [4.78, 5) is 2.26. The molecule has 0 radical (unpaired) electrons. The molecule has 2 aromatic carbocycles. The number of hydrogen-bond donors (Lipinski definition) is 1. The topological polar surface area (TPSA) is 69.6 Å². The third-order valence-electron chi connectivity index (χ3n) is 6.93. The van der Waals surface area contributed by atoms with Gasteiger partial charge in [0, 0.05) is 17.7 Å². The Bertz CT molecular complexity index is 1020. The Morgan fingerprint density at radius 1 is 0.967 bits per heavy atom. The van der Waals surface area contributed by atoms with Crippen molar-refractivity contribution in [3.63, 3.8) is 0 Å². The third-order valence-corrected chi connectivity index (χ3v) is 6.93. The molecule has 3 atom stereocenters. The van der Waals surface area contributed by atoms with Gasteiger partial charge in [-0.3, -0.25) is 4.90 Å². The third kappa shape index (κ3) is 2.15. The Morgan fingerprint density at radius 3 is 2.33 bits per heavy atom. The van der Waals surface area contributed by atoms with Crippen LogP contribution in [-0.2, 0) is 22.5 Å². The Morgan fingerprint density at radius 2 is 1.67 bits per heavy atom. The van der Waals surface area contributed by atoms with Crippen molar-refractivity contribution >= 4 is 0 Å². The van der Waals surface area contributed by atoms with Gasteiger partial charge < -0.3 is 28.8 Å². The van der Waals surface area contributed by atoms with Crippen molar-refractivity contribution in [2.75, 3.05) is 41.6 Å². The predicted molar refractivity (Wildman–Crippen MR) is 109 cm³/mol. The Balaban J connectivity index is 1.79. The van der Waals surface area contributed by atoms with Crippen LogP contribution in [0, 0.1) is 0 Å². The summed E-state index contributed by atoms with van der Waals surface area (Å²) in [5, 5.41) is 12.1. The van der Waals surface area contributed by atoms with Crippen LogP contribution in [0.1, 0.15) is 35.2 Å². The molecule has 2 bridgehead atoms. The maximum Gasteiger partial charge on any atom is 0.181 e. The van der Waals surface area contributed by atoms with Gasteiger partial charge in [0.15, 0.2) is 28.7 Å². The van der Waals surface area contributed by atoms with Crippen LogP contribution in [0.15, 0.2) is 24.3 Å². The van der Waals surface area contributed by atoms with E-state index in [4.69, 9.17) is 23.7 Å². The van der Waals surface area contributed by atoms with Gasteiger partial charge in [-0.15, -0.1) is 0 Å². The van der Waals surface area contributed by atoms with Crippen molar-refractivity contribution < 1.29 is 28.8 Å². The molecule has 0 aromatic heterocycles. The molecule has 1 N–H and O–H groups in total. The minimum atomic E-state index is -1.33. The van der Waals surface area contributed by atoms with Gasteiger partial charge in [-0.2, -0.15) is 0 Å². The molecule has 160 valence electrons. The van der Waals surface area contributed by atoms with E-state index in [2.05, 4.69) is 4.90 Å². The molecule has 3 heterocycles. The summed E-state index contributed by atoms with van der Waals surface area (Å²) in [6.45, 7) is 3.00. The molecule has 0 aliphatic carbocycles. The van der Waals surface area contributed by atoms with E-state index in [0.717, 1.165) is 35.2 Å². The Hall–Kier alpha value is -2.48. The quantitative estimate of drug-likeness (QED) is 0.827. The molecular weight excluding hydrogens is 386 g/mol. The van der Waals surface area contributed by atoms with Crippen LogP contribution < -0.4 is 18.9 Å². The van der Waals surface area contributed by atoms with Gasteiger partial charge >= 0.3 is 0 Å². The number of aliphatic hydroxyl groups is 1. The highest BCUT2D eigenvalue weighted by Crippen LogP contribution is 2.63. The molecule has 0 unspecified atom stereocenters. The molecule has 30 heavy (non-hydrogen) atoms. The normalized spacial score (nSPS) is 28.9. The fraction of sp³-hybridized carbons (Fsp3) is 0.478. The zero-order valence-corrected chi connectivity index (χ0v) is 17.9. The highest BCUT2D eigenvalue weighted by molar-refractivity contribution is 5.60. The van der Waals surface area contributed by atoms with Crippen molar-refractivity contribution in [2.24, 2.45) is 0 Å². The average Bonchev–Trinajstić information content (AvgIpc) is 3.13. The lowest BCUT2D eigenvalue weighted by Gasteiger charge is -2.55. The van der Waals surface area contributed by atoms with Crippen LogP contribution >= 0.6 is 0 Å². The van der Waals surface area contributed by atoms with E-state index < -0.39 is 11.3 Å². The van der Waals surface area contributed by atoms with Gasteiger partial charge in [-0.25, -0.2) is 0 Å². The van der Waals surface area contributed by atoms with Gasteiger partial charge in [0.05, 0.1) is 41.1 Å². The van der Waals surface area contributed by atoms with Crippen LogP contribution in [0.2, 0.25) is 0 Å². The Labute approximate surface area is 176 Å². The fourth-order valence-electron chi connectivity index (χ4n) is 5.63. The first-order valence-corrected chi connectivity index (χ1v) is 10.1. The first-order valence-electron chi connectivity index (χ1n) is 10.1. The summed E-state index contributed by atoms with van der Waals surface area (Å²) in [6.07, 6.45) is 0.814. The Kier molecular flexibility index (Phi) is 4.23. The first kappa shape index (κ1) is 19.5. The summed E-state index contributed by atoms with van der Waals surface area (Å²) < 4.78 is 28.9. The van der Waals surface area contributed by atoms with Crippen molar-refractivity contribution in [3.8, 4) is 23.0 Å². The number of rotatable bonds is 4. The van der Waals surface area contributed by atoms with E-state index in [0.29, 0.717) is 29.6 Å². The van der Waals surface area contributed by atoms with Crippen LogP contribution in [0.3, 0.4) is 0 Å². The average molecular weight is 413 g/mol. The van der Waals surface area contributed by atoms with Gasteiger partial charge in [-0.1, -0.05) is 6.07 Å². The van der Waals surface area contributed by atoms with Gasteiger partial charge in [-0.05, 0) is 42.7 Å². The second-order valence-corrected chi connectivity index (χ2v) is 8.11. The lowest BCUT2D eigenvalue weighted by Crippen LogP contribution is -2.62. The van der Waals surface area contributed by atoms with Crippen LogP contribution in [0.4, 0.5) is 0 Å². The largest absolute Gasteiger partial charge is 0.493 e. The summed E-state index contributed by atoms with van der Waals surface area (Å²) in [7, 11) is 6.50. The standard InChI is InChI=1S/C23H27NO6/c1-22(25)14-6-7-17(26-2)21(29-5)20(14)16-12-30-23(22)15-11-19(28-4)18(27-3)10-13(15)8-9-24(16)23/h6-7,10-11,16,25H,8-9,12H2,1-5H3/t16-,22+,23+/m0/s1. The maximum atomic E-state index is 12.1. The molecule has 1 fully saturated rings. The van der Waals surface area contributed by atoms with Crippen LogP contribution in [0.25, 0.3) is 0 Å². The van der Waals surface area contributed by atoms with E-state index in [1.807, 2.05) is 31.2 Å². The molecule has 3 aliphatic rings. The van der Waals surface area contributed by atoms with Crippen LogP contribution in [0.5, 0.6) is 23.0 Å². The maximum absolute atomic E-state index is 12.1. The van der Waals surface area contributed by atoms with E-state index in [9.17, 15) is 5.11 Å². The van der Waals surface area contributed by atoms with Crippen molar-refractivity contribution in [2.45, 2.75) is 30.7 Å². The number of hydrogen-bond acceptors (Lipinski definition) is 7. The van der Waals surface area contributed by atoms with E-state index in [-0.39, 0.29) is 6.04 Å². The summed E-state index contributed by atoms with van der Waals surface area (Å²) in [5.74, 6) is 2.60. The van der Waals surface area contributed by atoms with E-state index in [1.54, 1.807) is 28.4 Å². The molecule has 3 aliphatic heterocycles. The molecule has 7 nitrogen and oxygen atoms in total. The summed E-state index contributed by atoms with van der Waals surface area (Å²) in [6, 6.07) is 7.66. The van der Waals surface area contributed by atoms with Crippen molar-refractivity contribution in [1.29, 1.82) is 0 Å². The van der Waals surface area contributed by atoms with Crippen molar-refractivity contribution in [3.05, 3.63) is 46.5 Å². The lowest BCUT2D eigenvalue weighted by atomic mass is 9.70. The van der Waals surface area contributed by atoms with E-state index in [1.165, 1.54) is 0 Å². The molecule has 0 amide bonds. The van der Waals surface area contributed by atoms with Gasteiger partial charge in [0.2, 0.25) is 0 Å². The SMILES string of the molecule is COc1cc2c(cc1OC)[C@@]13OC[C@@H](c4c(ccc(OC)c4OC)[C@@]1(C)O)N3CC2. The molecule has 7 heteroatoms. The fourth-order valence-corrected chi connectivity index (χ4v) is 5.63. The van der Waals surface area contributed by atoms with E-state index >= 15 is 0 Å². The summed E-state index contributed by atoms with van der Waals surface area (Å²) >= 11 is 0. The smallest absolute Gasteiger partial charge is 0.181 e. The summed E-state index contributed by atoms with van der Waals surface area (Å²) in [5.41, 5.74) is 1.38. The minimum Gasteiger partial charge on any atom is -0.493 e. The van der Waals surface area contributed by atoms with Gasteiger partial charge in [0.1, 0.15) is 5.60 Å². The second kappa shape index (κ2) is 6.51. The molecule has 2 aromatic rings. The lowest BCUT2D eigenvalue weighted by molar-refractivity contribution is -0.236. The highest BCUT2D eigenvalue weighted by atomic mass is 16.6. The van der Waals surface area contributed by atoms with Crippen molar-refractivity contribution in [1.82, 2.24) is 4.90 Å². The molecule has 0 spiro atoms. The molecule has 1 saturated heterocycles. The minimum absolute atomic E-state index is 0.0495. The monoisotopic (exact) mass is 413 g/mol. The number of benzene rings is 2. The zero-order chi connectivity index (χ0) is 21.3. The van der Waals surface area contributed by atoms with Crippen LogP contribution in [-0.4, -0.2) is 51.6 Å².